The van der Waals surface area contributed by atoms with Crippen LogP contribution in [0.25, 0.3) is 0 Å². The smallest absolute Gasteiger partial charge is 0.321 e. The third kappa shape index (κ3) is 4.39. The first-order valence-electron chi connectivity index (χ1n) is 8.51. The first-order valence-corrected chi connectivity index (χ1v) is 8.51. The van der Waals surface area contributed by atoms with Gasteiger partial charge in [0.1, 0.15) is 0 Å². The van der Waals surface area contributed by atoms with E-state index >= 15 is 0 Å². The van der Waals surface area contributed by atoms with Gasteiger partial charge in [0.2, 0.25) is 5.91 Å². The molecule has 142 valence electrons. The number of likely N-dealkylation sites (tertiary alicyclic amines) is 1. The molecule has 5 nitrogen and oxygen atoms in total. The van der Waals surface area contributed by atoms with Gasteiger partial charge in [0.15, 0.2) is 17.5 Å². The predicted molar refractivity (Wildman–Crippen MR) is 94.7 cm³/mol. The summed E-state index contributed by atoms with van der Waals surface area (Å²) in [5.74, 6) is -5.30. The summed E-state index contributed by atoms with van der Waals surface area (Å²) in [6.45, 7) is 0.716. The number of hydrogen-bond donors (Lipinski definition) is 2. The first kappa shape index (κ1) is 18.8. The number of anilines is 2. The Morgan fingerprint density at radius 3 is 2.22 bits per heavy atom. The van der Waals surface area contributed by atoms with E-state index in [1.165, 1.54) is 0 Å². The molecule has 2 aromatic rings. The van der Waals surface area contributed by atoms with E-state index in [1.54, 1.807) is 17.0 Å². The number of nitrogens with zero attached hydrogens (tertiary/aromatic N) is 1. The lowest BCUT2D eigenvalue weighted by Gasteiger charge is -2.31. The van der Waals surface area contributed by atoms with E-state index in [0.29, 0.717) is 31.6 Å². The van der Waals surface area contributed by atoms with Crippen LogP contribution >= 0.6 is 0 Å². The van der Waals surface area contributed by atoms with Crippen LogP contribution in [0.3, 0.4) is 0 Å². The fraction of sp³-hybridized carbons (Fsp3) is 0.263. The van der Waals surface area contributed by atoms with Gasteiger partial charge in [0.05, 0.1) is 5.69 Å². The van der Waals surface area contributed by atoms with Crippen molar-refractivity contribution in [1.82, 2.24) is 4.90 Å². The number of urea groups is 1. The summed E-state index contributed by atoms with van der Waals surface area (Å²) in [5, 5.41) is 5.07. The van der Waals surface area contributed by atoms with E-state index in [-0.39, 0.29) is 6.03 Å². The molecule has 1 saturated heterocycles. The summed E-state index contributed by atoms with van der Waals surface area (Å²) < 4.78 is 39.9. The summed E-state index contributed by atoms with van der Waals surface area (Å²) in [6, 6.07) is 10.5. The molecule has 0 radical (unpaired) electrons. The first-order chi connectivity index (χ1) is 13.0. The third-order valence-corrected chi connectivity index (χ3v) is 4.47. The van der Waals surface area contributed by atoms with E-state index in [4.69, 9.17) is 0 Å². The highest BCUT2D eigenvalue weighted by atomic mass is 19.2. The summed E-state index contributed by atoms with van der Waals surface area (Å²) in [6.07, 6.45) is 0.776. The van der Waals surface area contributed by atoms with Crippen LogP contribution in [0.5, 0.6) is 0 Å². The second kappa shape index (κ2) is 8.11. The highest BCUT2D eigenvalue weighted by Gasteiger charge is 2.28. The highest BCUT2D eigenvalue weighted by Crippen LogP contribution is 2.23. The van der Waals surface area contributed by atoms with Gasteiger partial charge in [0, 0.05) is 24.7 Å². The van der Waals surface area contributed by atoms with Crippen molar-refractivity contribution in [1.29, 1.82) is 0 Å². The zero-order valence-electron chi connectivity index (χ0n) is 14.3. The second-order valence-corrected chi connectivity index (χ2v) is 6.27. The molecule has 27 heavy (non-hydrogen) atoms. The summed E-state index contributed by atoms with van der Waals surface area (Å²) >= 11 is 0. The van der Waals surface area contributed by atoms with Crippen molar-refractivity contribution in [2.24, 2.45) is 5.92 Å². The number of benzene rings is 2. The maximum absolute atomic E-state index is 13.7. The number of nitrogens with one attached hydrogen (secondary N) is 2. The van der Waals surface area contributed by atoms with Gasteiger partial charge in [-0.15, -0.1) is 0 Å². The van der Waals surface area contributed by atoms with E-state index < -0.39 is 35.0 Å². The van der Waals surface area contributed by atoms with Gasteiger partial charge >= 0.3 is 6.03 Å². The monoisotopic (exact) mass is 377 g/mol. The molecule has 1 fully saturated rings. The van der Waals surface area contributed by atoms with Gasteiger partial charge in [-0.25, -0.2) is 18.0 Å². The van der Waals surface area contributed by atoms with Crippen molar-refractivity contribution in [3.8, 4) is 0 Å². The molecule has 8 heteroatoms. The zero-order chi connectivity index (χ0) is 19.4. The molecule has 3 amide bonds. The van der Waals surface area contributed by atoms with Crippen molar-refractivity contribution in [3.63, 3.8) is 0 Å². The topological polar surface area (TPSA) is 61.4 Å². The average molecular weight is 377 g/mol. The molecule has 3 rings (SSSR count). The quantitative estimate of drug-likeness (QED) is 0.795. The van der Waals surface area contributed by atoms with Gasteiger partial charge < -0.3 is 15.5 Å². The number of piperidine rings is 1. The molecule has 0 spiro atoms. The lowest BCUT2D eigenvalue weighted by Crippen LogP contribution is -2.43. The molecular formula is C19H18F3N3O2. The maximum Gasteiger partial charge on any atom is 0.321 e. The Morgan fingerprint density at radius 2 is 1.56 bits per heavy atom. The molecule has 0 aliphatic carbocycles. The number of para-hydroxylation sites is 1. The molecule has 0 atom stereocenters. The molecule has 0 unspecified atom stereocenters. The number of amides is 3. The third-order valence-electron chi connectivity index (χ3n) is 4.47. The van der Waals surface area contributed by atoms with Crippen LogP contribution in [-0.2, 0) is 4.79 Å². The molecule has 0 aromatic heterocycles. The second-order valence-electron chi connectivity index (χ2n) is 6.27. The van der Waals surface area contributed by atoms with E-state index in [9.17, 15) is 22.8 Å². The van der Waals surface area contributed by atoms with Crippen molar-refractivity contribution in [3.05, 3.63) is 59.9 Å². The normalized spacial score (nSPS) is 14.7. The highest BCUT2D eigenvalue weighted by molar-refractivity contribution is 5.93. The average Bonchev–Trinajstić information content (AvgIpc) is 2.69. The number of rotatable bonds is 3. The van der Waals surface area contributed by atoms with Gasteiger partial charge in [-0.2, -0.15) is 0 Å². The fourth-order valence-electron chi connectivity index (χ4n) is 2.93. The summed E-state index contributed by atoms with van der Waals surface area (Å²) in [4.78, 5) is 26.1. The summed E-state index contributed by atoms with van der Waals surface area (Å²) in [5.41, 5.74) is 0.277. The van der Waals surface area contributed by atoms with Gasteiger partial charge in [-0.3, -0.25) is 4.79 Å². The van der Waals surface area contributed by atoms with Crippen LogP contribution < -0.4 is 10.6 Å². The Kier molecular flexibility index (Phi) is 5.63. The lowest BCUT2D eigenvalue weighted by molar-refractivity contribution is -0.121. The number of carbonyl (C=O) groups excluding carboxylic acids is 2. The van der Waals surface area contributed by atoms with E-state index in [0.717, 1.165) is 12.1 Å². The Bertz CT molecular complexity index is 838. The standard InChI is InChI=1S/C19H18F3N3O2/c20-14-6-7-15(17(22)16(14)21)24-18(26)12-8-10-25(11-9-12)19(27)23-13-4-2-1-3-5-13/h1-7,12H,8-11H2,(H,23,27)(H,24,26). The van der Waals surface area contributed by atoms with Crippen LogP contribution in [0, 0.1) is 23.4 Å². The molecule has 1 heterocycles. The van der Waals surface area contributed by atoms with Gasteiger partial charge in [0.25, 0.3) is 0 Å². The molecule has 1 aliphatic rings. The molecule has 2 N–H and O–H groups in total. The van der Waals surface area contributed by atoms with Crippen molar-refractivity contribution < 1.29 is 22.8 Å². The predicted octanol–water partition coefficient (Wildman–Crippen LogP) is 3.99. The van der Waals surface area contributed by atoms with Crippen LogP contribution in [0.2, 0.25) is 0 Å². The SMILES string of the molecule is O=C(Nc1ccc(F)c(F)c1F)C1CCN(C(=O)Nc2ccccc2)CC1. The van der Waals surface area contributed by atoms with Gasteiger partial charge in [-0.1, -0.05) is 18.2 Å². The molecule has 0 bridgehead atoms. The van der Waals surface area contributed by atoms with E-state index in [1.807, 2.05) is 18.2 Å². The Morgan fingerprint density at radius 1 is 0.889 bits per heavy atom. The fourth-order valence-corrected chi connectivity index (χ4v) is 2.93. The van der Waals surface area contributed by atoms with Crippen LogP contribution in [0.15, 0.2) is 42.5 Å². The minimum absolute atomic E-state index is 0.258. The van der Waals surface area contributed by atoms with Crippen LogP contribution in [0.1, 0.15) is 12.8 Å². The van der Waals surface area contributed by atoms with Crippen molar-refractivity contribution >= 4 is 23.3 Å². The Balaban J connectivity index is 1.53. The Hall–Kier alpha value is -3.03. The molecular weight excluding hydrogens is 359 g/mol. The van der Waals surface area contributed by atoms with Crippen LogP contribution in [0.4, 0.5) is 29.3 Å². The molecule has 2 aromatic carbocycles. The summed E-state index contributed by atoms with van der Waals surface area (Å²) in [7, 11) is 0. The minimum atomic E-state index is -1.62. The molecule has 0 saturated carbocycles. The zero-order valence-corrected chi connectivity index (χ0v) is 14.3. The van der Waals surface area contributed by atoms with Crippen molar-refractivity contribution in [2.75, 3.05) is 23.7 Å². The largest absolute Gasteiger partial charge is 0.324 e. The minimum Gasteiger partial charge on any atom is -0.324 e. The maximum atomic E-state index is 13.7. The van der Waals surface area contributed by atoms with E-state index in [2.05, 4.69) is 10.6 Å². The number of hydrogen-bond acceptors (Lipinski definition) is 2. The number of carbonyl (C=O) groups is 2. The van der Waals surface area contributed by atoms with Crippen LogP contribution in [-0.4, -0.2) is 29.9 Å². The Labute approximate surface area is 154 Å². The van der Waals surface area contributed by atoms with Gasteiger partial charge in [-0.05, 0) is 37.1 Å². The van der Waals surface area contributed by atoms with Crippen molar-refractivity contribution in [2.45, 2.75) is 12.8 Å². The lowest BCUT2D eigenvalue weighted by atomic mass is 9.96. The number of halogens is 3. The molecule has 1 aliphatic heterocycles.